The molecule has 0 aliphatic carbocycles. The number of halogens is 1. The van der Waals surface area contributed by atoms with Gasteiger partial charge in [-0.15, -0.1) is 10.2 Å². The topological polar surface area (TPSA) is 107 Å². The summed E-state index contributed by atoms with van der Waals surface area (Å²) in [5.41, 5.74) is 2.27. The van der Waals surface area contributed by atoms with E-state index in [0.717, 1.165) is 14.8 Å². The minimum atomic E-state index is -0.257. The summed E-state index contributed by atoms with van der Waals surface area (Å²) < 4.78 is 13.4. The molecule has 32 heavy (non-hydrogen) atoms. The first-order valence-electron chi connectivity index (χ1n) is 9.65. The van der Waals surface area contributed by atoms with E-state index in [9.17, 15) is 9.59 Å². The molecule has 1 aliphatic rings. The number of amides is 2. The molecule has 0 saturated heterocycles. The Morgan fingerprint density at radius 3 is 2.78 bits per heavy atom. The molecule has 4 rings (SSSR count). The summed E-state index contributed by atoms with van der Waals surface area (Å²) in [5.74, 6) is 1.57. The molecule has 0 radical (unpaired) electrons. The number of ether oxygens (including phenoxy) is 2. The number of nitrogens with zero attached hydrogens (tertiary/aromatic N) is 3. The quantitative estimate of drug-likeness (QED) is 0.335. The van der Waals surface area contributed by atoms with Crippen molar-refractivity contribution in [3.8, 4) is 11.5 Å². The summed E-state index contributed by atoms with van der Waals surface area (Å²) in [6.45, 7) is 2.31. The van der Waals surface area contributed by atoms with Crippen LogP contribution >= 0.6 is 34.4 Å². The van der Waals surface area contributed by atoms with Gasteiger partial charge in [-0.2, -0.15) is 0 Å². The number of hydrogen-bond acceptors (Lipinski definition) is 7. The Hall–Kier alpha value is -2.80. The molecule has 0 fully saturated rings. The number of hydrogen-bond donors (Lipinski definition) is 2. The molecular formula is C21H20IN5O4S. The van der Waals surface area contributed by atoms with Crippen LogP contribution < -0.4 is 20.1 Å². The van der Waals surface area contributed by atoms with Gasteiger partial charge in [-0.25, -0.2) is 0 Å². The lowest BCUT2D eigenvalue weighted by Gasteiger charge is -2.09. The van der Waals surface area contributed by atoms with E-state index >= 15 is 0 Å². The molecule has 0 saturated carbocycles. The second-order valence-corrected chi connectivity index (χ2v) is 9.19. The number of aromatic nitrogens is 3. The molecular weight excluding hydrogens is 545 g/mol. The van der Waals surface area contributed by atoms with E-state index in [4.69, 9.17) is 9.47 Å². The lowest BCUT2D eigenvalue weighted by atomic mass is 10.2. The monoisotopic (exact) mass is 565 g/mol. The van der Waals surface area contributed by atoms with E-state index in [1.807, 2.05) is 25.1 Å². The van der Waals surface area contributed by atoms with Crippen LogP contribution in [0.2, 0.25) is 0 Å². The molecule has 3 aromatic rings. The predicted octanol–water partition coefficient (Wildman–Crippen LogP) is 3.12. The lowest BCUT2D eigenvalue weighted by molar-refractivity contribution is -0.113. The van der Waals surface area contributed by atoms with Crippen molar-refractivity contribution in [1.29, 1.82) is 0 Å². The first-order chi connectivity index (χ1) is 15.4. The van der Waals surface area contributed by atoms with Crippen molar-refractivity contribution < 1.29 is 19.1 Å². The number of thioether (sulfide) groups is 1. The number of aryl methyl sites for hydroxylation is 1. The highest BCUT2D eigenvalue weighted by Gasteiger charge is 2.17. The van der Waals surface area contributed by atoms with Crippen LogP contribution in [0.1, 0.15) is 21.7 Å². The second-order valence-electron chi connectivity index (χ2n) is 7.00. The van der Waals surface area contributed by atoms with Crippen molar-refractivity contribution >= 4 is 51.9 Å². The summed E-state index contributed by atoms with van der Waals surface area (Å²) >= 11 is 3.52. The number of rotatable bonds is 7. The predicted molar refractivity (Wildman–Crippen MR) is 128 cm³/mol. The van der Waals surface area contributed by atoms with Crippen LogP contribution in [0.5, 0.6) is 11.5 Å². The highest BCUT2D eigenvalue weighted by Crippen LogP contribution is 2.32. The number of nitrogens with one attached hydrogen (secondary N) is 2. The molecule has 2 heterocycles. The standard InChI is InChI=1S/C21H20IN5O4S/c1-12-7-14(22)4-5-15(12)24-19(28)10-32-21-26-25-18(27(21)2)9-23-20(29)13-3-6-16-17(8-13)31-11-30-16/h3-8H,9-11H2,1-2H3,(H,23,29)(H,24,28). The largest absolute Gasteiger partial charge is 0.454 e. The van der Waals surface area contributed by atoms with Gasteiger partial charge in [-0.1, -0.05) is 11.8 Å². The maximum atomic E-state index is 12.4. The van der Waals surface area contributed by atoms with Gasteiger partial charge >= 0.3 is 0 Å². The van der Waals surface area contributed by atoms with Gasteiger partial charge in [0.15, 0.2) is 22.5 Å². The summed E-state index contributed by atoms with van der Waals surface area (Å²) in [6.07, 6.45) is 0. The van der Waals surface area contributed by atoms with Gasteiger partial charge in [-0.3, -0.25) is 9.59 Å². The molecule has 166 valence electrons. The molecule has 2 amide bonds. The van der Waals surface area contributed by atoms with Crippen LogP contribution in [-0.4, -0.2) is 39.1 Å². The molecule has 2 aromatic carbocycles. The molecule has 0 bridgehead atoms. The summed E-state index contributed by atoms with van der Waals surface area (Å²) in [6, 6.07) is 10.9. The third kappa shape index (κ3) is 5.15. The van der Waals surface area contributed by atoms with E-state index in [0.29, 0.717) is 28.0 Å². The molecule has 1 aromatic heterocycles. The first-order valence-corrected chi connectivity index (χ1v) is 11.7. The molecule has 2 N–H and O–H groups in total. The third-order valence-electron chi connectivity index (χ3n) is 4.76. The zero-order valence-corrected chi connectivity index (χ0v) is 20.3. The highest BCUT2D eigenvalue weighted by atomic mass is 127. The minimum absolute atomic E-state index is 0.125. The average molecular weight is 565 g/mol. The normalized spacial score (nSPS) is 12.0. The fraction of sp³-hybridized carbons (Fsp3) is 0.238. The first kappa shape index (κ1) is 22.4. The molecule has 0 spiro atoms. The Kier molecular flexibility index (Phi) is 6.84. The van der Waals surface area contributed by atoms with Gasteiger partial charge in [0.05, 0.1) is 12.3 Å². The fourth-order valence-corrected chi connectivity index (χ4v) is 4.38. The van der Waals surface area contributed by atoms with Crippen LogP contribution in [-0.2, 0) is 18.4 Å². The number of anilines is 1. The average Bonchev–Trinajstić information content (AvgIpc) is 3.38. The van der Waals surface area contributed by atoms with Crippen molar-refractivity contribution in [2.24, 2.45) is 7.05 Å². The van der Waals surface area contributed by atoms with E-state index in [1.54, 1.807) is 29.8 Å². The van der Waals surface area contributed by atoms with E-state index in [-0.39, 0.29) is 30.9 Å². The zero-order valence-electron chi connectivity index (χ0n) is 17.3. The van der Waals surface area contributed by atoms with E-state index < -0.39 is 0 Å². The molecule has 0 unspecified atom stereocenters. The fourth-order valence-electron chi connectivity index (χ4n) is 3.01. The van der Waals surface area contributed by atoms with Gasteiger partial charge in [0.1, 0.15) is 0 Å². The maximum absolute atomic E-state index is 12.4. The van der Waals surface area contributed by atoms with E-state index in [1.165, 1.54) is 11.8 Å². The zero-order chi connectivity index (χ0) is 22.7. The van der Waals surface area contributed by atoms with Gasteiger partial charge in [0.2, 0.25) is 12.7 Å². The van der Waals surface area contributed by atoms with Crippen LogP contribution in [0.25, 0.3) is 0 Å². The summed E-state index contributed by atoms with van der Waals surface area (Å²) in [5, 5.41) is 14.6. The van der Waals surface area contributed by atoms with Crippen LogP contribution in [0.3, 0.4) is 0 Å². The van der Waals surface area contributed by atoms with Gasteiger partial charge in [0.25, 0.3) is 5.91 Å². The highest BCUT2D eigenvalue weighted by molar-refractivity contribution is 14.1. The number of benzene rings is 2. The van der Waals surface area contributed by atoms with Crippen molar-refractivity contribution in [3.05, 3.63) is 56.9 Å². The minimum Gasteiger partial charge on any atom is -0.454 e. The van der Waals surface area contributed by atoms with Crippen LogP contribution in [0, 0.1) is 10.5 Å². The number of carbonyl (C=O) groups excluding carboxylic acids is 2. The Morgan fingerprint density at radius 1 is 1.16 bits per heavy atom. The van der Waals surface area contributed by atoms with Crippen LogP contribution in [0.4, 0.5) is 5.69 Å². The number of carbonyl (C=O) groups is 2. The Balaban J connectivity index is 1.30. The Morgan fingerprint density at radius 2 is 1.97 bits per heavy atom. The molecule has 1 aliphatic heterocycles. The molecule has 11 heteroatoms. The maximum Gasteiger partial charge on any atom is 0.251 e. The Labute approximate surface area is 202 Å². The van der Waals surface area contributed by atoms with E-state index in [2.05, 4.69) is 43.4 Å². The van der Waals surface area contributed by atoms with Crippen molar-refractivity contribution in [3.63, 3.8) is 0 Å². The van der Waals surface area contributed by atoms with Gasteiger partial charge in [0, 0.05) is 21.9 Å². The van der Waals surface area contributed by atoms with Crippen LogP contribution in [0.15, 0.2) is 41.6 Å². The molecule has 0 atom stereocenters. The van der Waals surface area contributed by atoms with Gasteiger partial charge < -0.3 is 24.7 Å². The van der Waals surface area contributed by atoms with Crippen molar-refractivity contribution in [2.75, 3.05) is 17.9 Å². The van der Waals surface area contributed by atoms with Crippen molar-refractivity contribution in [2.45, 2.75) is 18.6 Å². The Bertz CT molecular complexity index is 1180. The number of fused-ring (bicyclic) bond motifs is 1. The third-order valence-corrected chi connectivity index (χ3v) is 6.45. The smallest absolute Gasteiger partial charge is 0.251 e. The molecule has 9 nitrogen and oxygen atoms in total. The summed E-state index contributed by atoms with van der Waals surface area (Å²) in [7, 11) is 1.80. The second kappa shape index (κ2) is 9.77. The SMILES string of the molecule is Cc1cc(I)ccc1NC(=O)CSc1nnc(CNC(=O)c2ccc3c(c2)OCO3)n1C. The van der Waals surface area contributed by atoms with Gasteiger partial charge in [-0.05, 0) is 71.5 Å². The van der Waals surface area contributed by atoms with Crippen molar-refractivity contribution in [1.82, 2.24) is 20.1 Å². The summed E-state index contributed by atoms with van der Waals surface area (Å²) in [4.78, 5) is 24.8. The lowest BCUT2D eigenvalue weighted by Crippen LogP contribution is -2.24.